The number of fused-ring (bicyclic) bond motifs is 6. The van der Waals surface area contributed by atoms with Crippen molar-refractivity contribution >= 4 is 95.2 Å². The van der Waals surface area contributed by atoms with Crippen LogP contribution < -0.4 is 4.90 Å². The van der Waals surface area contributed by atoms with Crippen molar-refractivity contribution in [2.75, 3.05) is 183 Å². The van der Waals surface area contributed by atoms with Crippen molar-refractivity contribution in [2.24, 2.45) is 0 Å². The molecule has 0 fully saturated rings. The Balaban J connectivity index is 1.37. The Morgan fingerprint density at radius 2 is 0.873 bits per heavy atom. The molecule has 6 rings (SSSR count). The first-order valence-electron chi connectivity index (χ1n) is 32.9. The van der Waals surface area contributed by atoms with Crippen LogP contribution in [-0.4, -0.2) is 265 Å². The summed E-state index contributed by atoms with van der Waals surface area (Å²) in [5.41, 5.74) is -0.0701. The molecule has 0 radical (unpaired) electrons. The molecule has 0 amide bonds. The molecule has 2 atom stereocenters. The highest BCUT2D eigenvalue weighted by atomic mass is 32.2. The summed E-state index contributed by atoms with van der Waals surface area (Å²) in [6.07, 6.45) is 9.49. The highest BCUT2D eigenvalue weighted by molar-refractivity contribution is 7.87. The molecule has 36 heteroatoms. The van der Waals surface area contributed by atoms with Crippen molar-refractivity contribution in [1.82, 2.24) is 0 Å². The lowest BCUT2D eigenvalue weighted by molar-refractivity contribution is -0.437. The zero-order valence-electron chi connectivity index (χ0n) is 57.6. The molecule has 31 nitrogen and oxygen atoms in total. The average Bonchev–Trinajstić information content (AvgIpc) is 1.54. The number of rotatable bonds is 53. The number of unbranched alkanes of at least 4 members (excludes halogenated alkanes) is 2. The first-order chi connectivity index (χ1) is 48.4. The van der Waals surface area contributed by atoms with Gasteiger partial charge >= 0.3 is 5.97 Å². The van der Waals surface area contributed by atoms with Gasteiger partial charge in [0.15, 0.2) is 5.71 Å². The molecule has 0 spiro atoms. The number of benzene rings is 4. The minimum atomic E-state index is -5.18. The lowest BCUT2D eigenvalue weighted by atomic mass is 9.75. The highest BCUT2D eigenvalue weighted by Crippen LogP contribution is 2.54. The Kier molecular flexibility index (Phi) is 34.3. The number of hydrogen-bond acceptors (Lipinski definition) is 24. The molecule has 2 heterocycles. The van der Waals surface area contributed by atoms with E-state index in [1.807, 2.05) is 11.8 Å². The maximum absolute atomic E-state index is 13.1. The number of allylic oxidation sites excluding steroid dienone is 6. The Morgan fingerprint density at radius 3 is 1.28 bits per heavy atom. The second kappa shape index (κ2) is 40.9. The normalized spacial score (nSPS) is 17.3. The standard InChI is InChI=1S/C66H94N2O29S5/c1-65(19-23-88-29-31-92-37-39-96-43-41-94-35-33-90-27-25-86-3)60(67(21-10-6-9-14-62(69)70)56-17-15-52-54(63(56)65)46-50(99(74,75)76)48-58(52)101(80,81)82)12-7-5-8-13-61-66(2,20-24-89-30-32-93-38-40-97-44-42-95-36-34-91-28-26-87-4)64-55-47-51(100(77,78)79)49-59(102(83,84)85)53(55)16-18-57(64)68(61)22-11-45-98(71,72)73/h5,7-8,12-13,15-18,46-49H,6,9-11,14,19-45H2,1-4H3,(H5-,69,70,71,72,73,74,75,76,77,78,79,80,81,82,83,84,85)/p+1. The van der Waals surface area contributed by atoms with E-state index in [4.69, 9.17) is 56.8 Å². The molecule has 6 N–H and O–H groups in total. The van der Waals surface area contributed by atoms with E-state index in [9.17, 15) is 74.8 Å². The molecule has 0 saturated heterocycles. The molecule has 102 heavy (non-hydrogen) atoms. The number of aliphatic carboxylic acids is 1. The SMILES string of the molecule is COCCOCCOCCOCCOCCOCCC1(C)C(/C=C/C=C/C=C2/N(CCCCCC(=O)O)c3ccc4c(S(=O)(=O)O)cc(S(=O)(=O)O)cc4c3C2(C)CCOCCOCCOCCOCCOCCOC)=[N+](CCCS(=O)(=O)O)c2ccc3c(S(=O)(=O)O)cc(S(=O)(=O)O)cc3c21. The van der Waals surface area contributed by atoms with Gasteiger partial charge in [-0.25, -0.2) is 0 Å². The minimum Gasteiger partial charge on any atom is -0.481 e. The topological polar surface area (TPSA) is 426 Å². The van der Waals surface area contributed by atoms with Crippen LogP contribution in [0.3, 0.4) is 0 Å². The largest absolute Gasteiger partial charge is 0.481 e. The molecule has 4 aromatic rings. The third-order valence-electron chi connectivity index (χ3n) is 16.8. The zero-order valence-corrected chi connectivity index (χ0v) is 61.7. The van der Waals surface area contributed by atoms with E-state index in [1.54, 1.807) is 62.2 Å². The Morgan fingerprint density at radius 1 is 0.461 bits per heavy atom. The fraction of sp³-hybridized carbons (Fsp3) is 0.576. The molecule has 0 saturated carbocycles. The number of nitrogens with zero attached hydrogens (tertiary/aromatic N) is 2. The summed E-state index contributed by atoms with van der Waals surface area (Å²) >= 11 is 0. The number of hydrogen-bond donors (Lipinski definition) is 6. The maximum atomic E-state index is 13.1. The van der Waals surface area contributed by atoms with Gasteiger partial charge in [0.05, 0.1) is 153 Å². The van der Waals surface area contributed by atoms with Crippen LogP contribution in [0.5, 0.6) is 0 Å². The van der Waals surface area contributed by atoms with Crippen LogP contribution in [0, 0.1) is 0 Å². The van der Waals surface area contributed by atoms with Crippen molar-refractivity contribution < 1.29 is 136 Å². The van der Waals surface area contributed by atoms with E-state index < -0.39 is 92.7 Å². The van der Waals surface area contributed by atoms with Crippen molar-refractivity contribution in [2.45, 2.75) is 89.2 Å². The van der Waals surface area contributed by atoms with Gasteiger partial charge in [-0.15, -0.1) is 0 Å². The molecule has 0 aliphatic carbocycles. The van der Waals surface area contributed by atoms with Gasteiger partial charge in [-0.3, -0.25) is 27.6 Å². The van der Waals surface area contributed by atoms with Crippen LogP contribution in [-0.2, 0) is 123 Å². The summed E-state index contributed by atoms with van der Waals surface area (Å²) in [5, 5.41) is 9.30. The summed E-state index contributed by atoms with van der Waals surface area (Å²) in [7, 11) is -22.0. The first kappa shape index (κ1) is 85.6. The van der Waals surface area contributed by atoms with Crippen LogP contribution in [0.2, 0.25) is 0 Å². The third-order valence-corrected chi connectivity index (χ3v) is 21.0. The quantitative estimate of drug-likeness (QED) is 0.0123. The van der Waals surface area contributed by atoms with E-state index in [2.05, 4.69) is 0 Å². The van der Waals surface area contributed by atoms with Crippen molar-refractivity contribution in [3.63, 3.8) is 0 Å². The molecular weight excluding hydrogens is 1450 g/mol. The first-order valence-corrected chi connectivity index (χ1v) is 40.3. The van der Waals surface area contributed by atoms with E-state index in [-0.39, 0.29) is 126 Å². The maximum Gasteiger partial charge on any atom is 0.303 e. The van der Waals surface area contributed by atoms with Gasteiger partial charge in [-0.2, -0.15) is 46.7 Å². The molecule has 572 valence electrons. The Bertz CT molecular complexity index is 4150. The second-order valence-electron chi connectivity index (χ2n) is 24.0. The number of carboxylic acid groups (broad SMARTS) is 1. The zero-order chi connectivity index (χ0) is 74.6. The van der Waals surface area contributed by atoms with Crippen molar-refractivity contribution in [1.29, 1.82) is 0 Å². The van der Waals surface area contributed by atoms with E-state index in [1.165, 1.54) is 18.2 Å². The van der Waals surface area contributed by atoms with Gasteiger partial charge in [0, 0.05) is 92.1 Å². The van der Waals surface area contributed by atoms with Crippen LogP contribution in [0.25, 0.3) is 21.5 Å². The van der Waals surface area contributed by atoms with E-state index in [0.717, 1.165) is 12.1 Å². The average molecular weight is 1540 g/mol. The molecule has 2 aliphatic heterocycles. The van der Waals surface area contributed by atoms with Crippen LogP contribution >= 0.6 is 0 Å². The summed E-state index contributed by atoms with van der Waals surface area (Å²) < 4.78 is 248. The number of anilines is 1. The van der Waals surface area contributed by atoms with Gasteiger partial charge in [0.2, 0.25) is 5.69 Å². The fourth-order valence-corrected chi connectivity index (χ4v) is 15.2. The van der Waals surface area contributed by atoms with Crippen LogP contribution in [0.15, 0.2) is 104 Å². The van der Waals surface area contributed by atoms with E-state index in [0.29, 0.717) is 145 Å². The second-order valence-corrected chi connectivity index (χ2v) is 31.1. The number of carbonyl (C=O) groups is 1. The highest BCUT2D eigenvalue weighted by Gasteiger charge is 2.50. The number of methoxy groups -OCH3 is 2. The summed E-state index contributed by atoms with van der Waals surface area (Å²) in [5.74, 6) is -1.69. The van der Waals surface area contributed by atoms with Crippen molar-refractivity contribution in [3.8, 4) is 0 Å². The third kappa shape index (κ3) is 25.7. The summed E-state index contributed by atoms with van der Waals surface area (Å²) in [6.45, 7) is 9.98. The van der Waals surface area contributed by atoms with Gasteiger partial charge in [-0.05, 0) is 98.3 Å². The lowest BCUT2D eigenvalue weighted by Crippen LogP contribution is -2.33. The molecule has 2 unspecified atom stereocenters. The Labute approximate surface area is 596 Å². The van der Waals surface area contributed by atoms with Crippen LogP contribution in [0.4, 0.5) is 11.4 Å². The van der Waals surface area contributed by atoms with Gasteiger partial charge in [0.25, 0.3) is 50.6 Å². The number of ether oxygens (including phenoxy) is 12. The molecular formula is C66H95N2O29S5+. The van der Waals surface area contributed by atoms with Crippen LogP contribution in [0.1, 0.15) is 69.9 Å². The molecule has 0 aromatic heterocycles. The van der Waals surface area contributed by atoms with Gasteiger partial charge < -0.3 is 66.8 Å². The predicted octanol–water partition coefficient (Wildman–Crippen LogP) is 6.27. The number of carboxylic acids is 1. The van der Waals surface area contributed by atoms with Gasteiger partial charge in [0.1, 0.15) is 16.3 Å². The Hall–Kier alpha value is -5.37. The molecule has 2 aliphatic rings. The molecule has 0 bridgehead atoms. The predicted molar refractivity (Wildman–Crippen MR) is 374 cm³/mol. The lowest BCUT2D eigenvalue weighted by Gasteiger charge is -2.31. The molecule has 4 aromatic carbocycles. The summed E-state index contributed by atoms with van der Waals surface area (Å²) in [4.78, 5) is 10.2. The van der Waals surface area contributed by atoms with Crippen molar-refractivity contribution in [3.05, 3.63) is 95.7 Å². The smallest absolute Gasteiger partial charge is 0.303 e. The van der Waals surface area contributed by atoms with E-state index >= 15 is 0 Å². The fourth-order valence-electron chi connectivity index (χ4n) is 12.0. The monoisotopic (exact) mass is 1540 g/mol. The minimum absolute atomic E-state index is 0.0205. The summed E-state index contributed by atoms with van der Waals surface area (Å²) in [6, 6.07) is 9.34. The van der Waals surface area contributed by atoms with Gasteiger partial charge in [-0.1, -0.05) is 30.7 Å².